The molecular weight excluding hydrogens is 652 g/mol. The lowest BCUT2D eigenvalue weighted by Crippen LogP contribution is -2.69. The van der Waals surface area contributed by atoms with Crippen molar-refractivity contribution in [2.75, 3.05) is 58.7 Å². The molecular formula is C24H63BN4O8Si6. The minimum Gasteiger partial charge on any atom is -0.424 e. The van der Waals surface area contributed by atoms with Gasteiger partial charge in [-0.2, -0.15) is 0 Å². The highest BCUT2D eigenvalue weighted by Gasteiger charge is 2.56. The smallest absolute Gasteiger partial charge is 0.424 e. The number of ether oxygens (including phenoxy) is 1. The highest BCUT2D eigenvalue weighted by Crippen LogP contribution is 2.31. The van der Waals surface area contributed by atoms with Crippen LogP contribution >= 0.6 is 0 Å². The Hall–Kier alpha value is 0.886. The van der Waals surface area contributed by atoms with Gasteiger partial charge in [-0.05, 0) is 77.3 Å². The molecule has 0 aromatic carbocycles. The largest absolute Gasteiger partial charge is 0.487 e. The summed E-state index contributed by atoms with van der Waals surface area (Å²) in [5.41, 5.74) is 11.3. The van der Waals surface area contributed by atoms with Gasteiger partial charge in [0.2, 0.25) is 0 Å². The fourth-order valence-electron chi connectivity index (χ4n) is 5.24. The summed E-state index contributed by atoms with van der Waals surface area (Å²) in [6.45, 7) is 20.7. The van der Waals surface area contributed by atoms with Crippen LogP contribution < -0.4 is 16.8 Å². The Balaban J connectivity index is 3.45. The van der Waals surface area contributed by atoms with Gasteiger partial charge in [0.05, 0.1) is 26.8 Å². The van der Waals surface area contributed by atoms with Crippen molar-refractivity contribution in [2.24, 2.45) is 11.5 Å². The van der Waals surface area contributed by atoms with E-state index in [2.05, 4.69) is 10.2 Å². The lowest BCUT2D eigenvalue weighted by molar-refractivity contribution is 0.0373. The normalized spacial score (nSPS) is 20.6. The Bertz CT molecular complexity index is 832. The number of nitrogens with one attached hydrogen (secondary N) is 1. The first-order valence-corrected chi connectivity index (χ1v) is 31.4. The summed E-state index contributed by atoms with van der Waals surface area (Å²) in [5.74, 6) is 0. The van der Waals surface area contributed by atoms with Gasteiger partial charge >= 0.3 is 43.0 Å². The molecule has 1 rings (SSSR count). The molecule has 0 amide bonds. The lowest BCUT2D eigenvalue weighted by Gasteiger charge is -2.47. The Morgan fingerprint density at radius 2 is 1.47 bits per heavy atom. The van der Waals surface area contributed by atoms with Crippen molar-refractivity contribution in [1.82, 2.24) is 10.2 Å². The molecule has 0 bridgehead atoms. The third-order valence-electron chi connectivity index (χ3n) is 6.53. The molecule has 3 unspecified atom stereocenters. The van der Waals surface area contributed by atoms with Crippen LogP contribution in [0.3, 0.4) is 0 Å². The lowest BCUT2D eigenvalue weighted by atomic mass is 10.2. The second kappa shape index (κ2) is 19.0. The average molecular weight is 717 g/mol. The molecule has 19 heteroatoms. The van der Waals surface area contributed by atoms with Gasteiger partial charge in [-0.15, -0.1) is 0 Å². The van der Waals surface area contributed by atoms with Gasteiger partial charge in [0.15, 0.2) is 2.86 Å². The quantitative estimate of drug-likeness (QED) is 0.0652. The number of nitrogens with zero attached hydrogens (tertiary/aromatic N) is 1. The standard InChI is InChI=1S/C24H63BN4O8Si6/c1-38(2,25)33-43(24-29-18-20-32-21-19-29,37-41(7,31)22-12-10-9-11-14-26)36-40(5,6)35-42(8,34-39(3,4)30)23-13-16-28-17-15-27/h28,30-31H,9-24,26-27H2,1-8H3/i30D,31D. The van der Waals surface area contributed by atoms with Crippen LogP contribution in [0.25, 0.3) is 0 Å². The zero-order chi connectivity index (χ0) is 34.3. The first kappa shape index (κ1) is 38.3. The maximum absolute atomic E-state index is 8.12. The van der Waals surface area contributed by atoms with Crippen molar-refractivity contribution in [2.45, 2.75) is 96.6 Å². The van der Waals surface area contributed by atoms with Crippen molar-refractivity contribution in [3.05, 3.63) is 0 Å². The van der Waals surface area contributed by atoms with E-state index in [0.717, 1.165) is 45.2 Å². The molecule has 1 saturated heterocycles. The molecule has 12 nitrogen and oxygen atoms in total. The van der Waals surface area contributed by atoms with Crippen molar-refractivity contribution in [1.29, 1.82) is 2.86 Å². The minimum absolute atomic E-state index is 0.390. The number of rotatable bonds is 26. The number of unbranched alkanes of at least 4 members (excludes halogenated alkanes) is 3. The van der Waals surface area contributed by atoms with Crippen LogP contribution in [0.4, 0.5) is 0 Å². The third kappa shape index (κ3) is 20.0. The first-order chi connectivity index (χ1) is 20.9. The summed E-state index contributed by atoms with van der Waals surface area (Å²) in [6, 6.07) is 1.29. The monoisotopic (exact) mass is 716 g/mol. The van der Waals surface area contributed by atoms with E-state index in [1.54, 1.807) is 0 Å². The number of morpholine rings is 1. The van der Waals surface area contributed by atoms with Gasteiger partial charge in [0.25, 0.3) is 0 Å². The van der Waals surface area contributed by atoms with Crippen molar-refractivity contribution < 1.29 is 34.9 Å². The van der Waals surface area contributed by atoms with Crippen LogP contribution in [0.2, 0.25) is 64.5 Å². The molecule has 1 aliphatic rings. The molecule has 1 aliphatic heterocycles. The Morgan fingerprint density at radius 1 is 0.791 bits per heavy atom. The molecule has 43 heavy (non-hydrogen) atoms. The van der Waals surface area contributed by atoms with Gasteiger partial charge in [-0.25, -0.2) is 0 Å². The van der Waals surface area contributed by atoms with Crippen molar-refractivity contribution in [3.63, 3.8) is 0 Å². The van der Waals surface area contributed by atoms with E-state index in [0.29, 0.717) is 57.6 Å². The van der Waals surface area contributed by atoms with Crippen LogP contribution in [-0.2, 0) is 25.3 Å². The molecule has 1 heterocycles. The van der Waals surface area contributed by atoms with E-state index in [1.165, 1.54) is 0 Å². The van der Waals surface area contributed by atoms with E-state index < -0.39 is 51.2 Å². The minimum atomic E-state index is -3.68. The van der Waals surface area contributed by atoms with Gasteiger partial charge < -0.3 is 51.7 Å². The average Bonchev–Trinajstić information content (AvgIpc) is 2.91. The predicted octanol–water partition coefficient (Wildman–Crippen LogP) is 1.74. The van der Waals surface area contributed by atoms with Gasteiger partial charge in [0, 0.05) is 26.2 Å². The van der Waals surface area contributed by atoms with Crippen molar-refractivity contribution in [3.8, 4) is 0 Å². The van der Waals surface area contributed by atoms with E-state index in [-0.39, 0.29) is 0 Å². The summed E-state index contributed by atoms with van der Waals surface area (Å²) in [7, 11) is -11.7. The fraction of sp³-hybridized carbons (Fsp3) is 1.00. The van der Waals surface area contributed by atoms with Crippen LogP contribution in [0, 0.1) is 0 Å². The van der Waals surface area contributed by atoms with Crippen LogP contribution in [0.15, 0.2) is 0 Å². The summed E-state index contributed by atoms with van der Waals surface area (Å²) < 4.78 is 55.9. The number of nitrogens with two attached hydrogens (primary N) is 2. The Kier molecular flexibility index (Phi) is 17.0. The molecule has 0 aromatic heterocycles. The maximum Gasteiger partial charge on any atom is 0.487 e. The van der Waals surface area contributed by atoms with Crippen LogP contribution in [-0.4, -0.2) is 135 Å². The molecule has 3 atom stereocenters. The molecule has 7 N–H and O–H groups in total. The van der Waals surface area contributed by atoms with Gasteiger partial charge in [0.1, 0.15) is 8.19 Å². The molecule has 0 spiro atoms. The first-order valence-electron chi connectivity index (χ1n) is 16.7. The van der Waals surface area contributed by atoms with E-state index in [1.807, 2.05) is 52.4 Å². The maximum atomic E-state index is 8.12. The molecule has 2 radical (unpaired) electrons. The second-order valence-corrected chi connectivity index (χ2v) is 33.5. The predicted molar refractivity (Wildman–Crippen MR) is 188 cm³/mol. The Morgan fingerprint density at radius 3 is 2.05 bits per heavy atom. The fourth-order valence-corrected chi connectivity index (χ4v) is 29.7. The summed E-state index contributed by atoms with van der Waals surface area (Å²) in [4.78, 5) is 12.7. The summed E-state index contributed by atoms with van der Waals surface area (Å²) in [5, 5.41) is 3.33. The summed E-state index contributed by atoms with van der Waals surface area (Å²) in [6.07, 6.45) is 5.02. The second-order valence-electron chi connectivity index (χ2n) is 13.3. The zero-order valence-electron chi connectivity index (χ0n) is 30.3. The SMILES string of the molecule is [2H]O[Si](C)(C)O[Si](C)(CCCNCCN)O[Si](C)(C)O[Si](CN1CCOCC1)(O[Si]([B])(C)C)O[Si](C)(CCCCCCN)O[2H]. The number of hydrogen-bond donors (Lipinski definition) is 5. The van der Waals surface area contributed by atoms with E-state index in [9.17, 15) is 0 Å². The topological polar surface area (TPSA) is 163 Å². The van der Waals surface area contributed by atoms with E-state index >= 15 is 0 Å². The van der Waals surface area contributed by atoms with Crippen LogP contribution in [0.1, 0.15) is 32.1 Å². The zero-order valence-corrected chi connectivity index (χ0v) is 34.3. The Labute approximate surface area is 272 Å². The molecule has 0 aromatic rings. The van der Waals surface area contributed by atoms with Crippen molar-refractivity contribution >= 4 is 58.7 Å². The molecule has 0 saturated carbocycles. The van der Waals surface area contributed by atoms with E-state index in [4.69, 9.17) is 56.7 Å². The molecule has 1 fully saturated rings. The molecule has 0 aliphatic carbocycles. The highest BCUT2D eigenvalue weighted by molar-refractivity contribution is 7.14. The summed E-state index contributed by atoms with van der Waals surface area (Å²) >= 11 is 0. The molecule has 254 valence electrons. The van der Waals surface area contributed by atoms with Gasteiger partial charge in [-0.3, -0.25) is 4.90 Å². The highest BCUT2D eigenvalue weighted by atomic mass is 28.5. The van der Waals surface area contributed by atoms with Gasteiger partial charge in [-0.1, -0.05) is 32.4 Å². The number of hydrogen-bond acceptors (Lipinski definition) is 12. The third-order valence-corrected chi connectivity index (χ3v) is 26.8. The van der Waals surface area contributed by atoms with Crippen LogP contribution in [0.5, 0.6) is 0 Å².